The van der Waals surface area contributed by atoms with Crippen molar-refractivity contribution in [2.24, 2.45) is 0 Å². The molecule has 2 N–H and O–H groups in total. The highest BCUT2D eigenvalue weighted by Crippen LogP contribution is 2.19. The van der Waals surface area contributed by atoms with E-state index < -0.39 is 6.10 Å². The molecule has 3 rings (SSSR count). The molecule has 0 aliphatic heterocycles. The number of anilines is 2. The average molecular weight is 415 g/mol. The molecule has 0 fully saturated rings. The molecule has 1 atom stereocenters. The molecular formula is C24H21N3O4. The zero-order chi connectivity index (χ0) is 22.1. The van der Waals surface area contributed by atoms with Crippen LogP contribution in [-0.2, 0) is 9.59 Å². The first-order valence-corrected chi connectivity index (χ1v) is 9.59. The van der Waals surface area contributed by atoms with Crippen LogP contribution < -0.4 is 20.1 Å². The first-order chi connectivity index (χ1) is 15.0. The second-order valence-corrected chi connectivity index (χ2v) is 6.62. The standard InChI is InChI=1S/C24H21N3O4/c1-17(31-21-12-10-18(15-25)11-13-21)24(29)27-20-8-5-9-22(14-20)30-16-23(28)26-19-6-3-2-4-7-19/h2-14,17H,16H2,1H3,(H,26,28)(H,27,29). The minimum atomic E-state index is -0.755. The summed E-state index contributed by atoms with van der Waals surface area (Å²) in [6.07, 6.45) is -0.755. The van der Waals surface area contributed by atoms with Crippen molar-refractivity contribution in [3.63, 3.8) is 0 Å². The molecule has 0 spiro atoms. The lowest BCUT2D eigenvalue weighted by Gasteiger charge is -2.15. The van der Waals surface area contributed by atoms with E-state index in [2.05, 4.69) is 10.6 Å². The van der Waals surface area contributed by atoms with Crippen LogP contribution in [0.4, 0.5) is 11.4 Å². The minimum Gasteiger partial charge on any atom is -0.484 e. The number of para-hydroxylation sites is 1. The van der Waals surface area contributed by atoms with Crippen LogP contribution in [0.2, 0.25) is 0 Å². The second-order valence-electron chi connectivity index (χ2n) is 6.62. The Morgan fingerprint density at radius 3 is 2.32 bits per heavy atom. The van der Waals surface area contributed by atoms with Crippen molar-refractivity contribution in [2.75, 3.05) is 17.2 Å². The van der Waals surface area contributed by atoms with Gasteiger partial charge in [-0.05, 0) is 55.5 Å². The van der Waals surface area contributed by atoms with Crippen LogP contribution in [0.15, 0.2) is 78.9 Å². The van der Waals surface area contributed by atoms with E-state index in [1.54, 1.807) is 67.6 Å². The van der Waals surface area contributed by atoms with Gasteiger partial charge in [0.25, 0.3) is 11.8 Å². The molecule has 0 aromatic heterocycles. The molecule has 0 radical (unpaired) electrons. The number of hydrogen-bond donors (Lipinski definition) is 2. The number of carbonyl (C=O) groups is 2. The van der Waals surface area contributed by atoms with E-state index in [1.165, 1.54) is 0 Å². The molecule has 7 nitrogen and oxygen atoms in total. The minimum absolute atomic E-state index is 0.162. The highest BCUT2D eigenvalue weighted by molar-refractivity contribution is 5.94. The third-order valence-electron chi connectivity index (χ3n) is 4.19. The summed E-state index contributed by atoms with van der Waals surface area (Å²) in [5, 5.41) is 14.3. The Balaban J connectivity index is 1.51. The topological polar surface area (TPSA) is 100 Å². The summed E-state index contributed by atoms with van der Waals surface area (Å²) in [4.78, 5) is 24.4. The fourth-order valence-electron chi connectivity index (χ4n) is 2.64. The summed E-state index contributed by atoms with van der Waals surface area (Å²) in [5.41, 5.74) is 1.72. The van der Waals surface area contributed by atoms with Gasteiger partial charge in [-0.3, -0.25) is 9.59 Å². The summed E-state index contributed by atoms with van der Waals surface area (Å²) in [5.74, 6) is 0.304. The lowest BCUT2D eigenvalue weighted by Crippen LogP contribution is -2.30. The normalized spacial score (nSPS) is 11.0. The van der Waals surface area contributed by atoms with Crippen LogP contribution in [0, 0.1) is 11.3 Å². The predicted octanol–water partition coefficient (Wildman–Crippen LogP) is 3.98. The molecular weight excluding hydrogens is 394 g/mol. The van der Waals surface area contributed by atoms with Crippen molar-refractivity contribution in [3.8, 4) is 17.6 Å². The molecule has 0 heterocycles. The third kappa shape index (κ3) is 6.61. The number of amides is 2. The van der Waals surface area contributed by atoms with Gasteiger partial charge in [0.2, 0.25) is 0 Å². The van der Waals surface area contributed by atoms with Gasteiger partial charge in [-0.25, -0.2) is 0 Å². The number of nitriles is 1. The Labute approximate surface area is 180 Å². The number of rotatable bonds is 8. The maximum Gasteiger partial charge on any atom is 0.265 e. The Morgan fingerprint density at radius 2 is 1.61 bits per heavy atom. The van der Waals surface area contributed by atoms with Crippen LogP contribution >= 0.6 is 0 Å². The van der Waals surface area contributed by atoms with Gasteiger partial charge in [0.1, 0.15) is 11.5 Å². The van der Waals surface area contributed by atoms with E-state index in [-0.39, 0.29) is 18.4 Å². The number of nitrogens with zero attached hydrogens (tertiary/aromatic N) is 1. The Morgan fingerprint density at radius 1 is 0.903 bits per heavy atom. The van der Waals surface area contributed by atoms with Crippen molar-refractivity contribution in [2.45, 2.75) is 13.0 Å². The predicted molar refractivity (Wildman–Crippen MR) is 117 cm³/mol. The molecule has 0 aliphatic rings. The van der Waals surface area contributed by atoms with Gasteiger partial charge in [0.15, 0.2) is 12.7 Å². The van der Waals surface area contributed by atoms with E-state index >= 15 is 0 Å². The Bertz CT molecular complexity index is 1080. The lowest BCUT2D eigenvalue weighted by molar-refractivity contribution is -0.122. The number of nitrogens with one attached hydrogen (secondary N) is 2. The molecule has 7 heteroatoms. The molecule has 2 amide bonds. The quantitative estimate of drug-likeness (QED) is 0.580. The zero-order valence-corrected chi connectivity index (χ0v) is 16.9. The van der Waals surface area contributed by atoms with Crippen LogP contribution in [0.5, 0.6) is 11.5 Å². The van der Waals surface area contributed by atoms with Gasteiger partial charge >= 0.3 is 0 Å². The van der Waals surface area contributed by atoms with Crippen molar-refractivity contribution in [3.05, 3.63) is 84.4 Å². The van der Waals surface area contributed by atoms with E-state index in [9.17, 15) is 9.59 Å². The SMILES string of the molecule is CC(Oc1ccc(C#N)cc1)C(=O)Nc1cccc(OCC(=O)Nc2ccccc2)c1. The van der Waals surface area contributed by atoms with Crippen LogP contribution in [-0.4, -0.2) is 24.5 Å². The van der Waals surface area contributed by atoms with Gasteiger partial charge in [-0.2, -0.15) is 5.26 Å². The molecule has 1 unspecified atom stereocenters. The van der Waals surface area contributed by atoms with Crippen molar-refractivity contribution >= 4 is 23.2 Å². The molecule has 0 saturated carbocycles. The summed E-state index contributed by atoms with van der Waals surface area (Å²) in [6, 6.07) is 24.4. The maximum atomic E-state index is 12.4. The van der Waals surface area contributed by atoms with Crippen molar-refractivity contribution in [1.29, 1.82) is 5.26 Å². The molecule has 0 bridgehead atoms. The average Bonchev–Trinajstić information content (AvgIpc) is 2.79. The highest BCUT2D eigenvalue weighted by atomic mass is 16.5. The molecule has 156 valence electrons. The van der Waals surface area contributed by atoms with Crippen LogP contribution in [0.1, 0.15) is 12.5 Å². The van der Waals surface area contributed by atoms with Gasteiger partial charge < -0.3 is 20.1 Å². The Kier molecular flexibility index (Phi) is 7.22. The monoisotopic (exact) mass is 415 g/mol. The molecule has 0 aliphatic carbocycles. The molecule has 3 aromatic carbocycles. The van der Waals surface area contributed by atoms with Crippen LogP contribution in [0.25, 0.3) is 0 Å². The molecule has 3 aromatic rings. The smallest absolute Gasteiger partial charge is 0.265 e. The van der Waals surface area contributed by atoms with E-state index in [0.717, 1.165) is 0 Å². The summed E-state index contributed by atoms with van der Waals surface area (Å²) < 4.78 is 11.1. The number of benzene rings is 3. The Hall–Kier alpha value is -4.31. The third-order valence-corrected chi connectivity index (χ3v) is 4.19. The van der Waals surface area contributed by atoms with Gasteiger partial charge in [0, 0.05) is 17.4 Å². The largest absolute Gasteiger partial charge is 0.484 e. The molecule has 31 heavy (non-hydrogen) atoms. The lowest BCUT2D eigenvalue weighted by atomic mass is 10.2. The fourth-order valence-corrected chi connectivity index (χ4v) is 2.64. The number of carbonyl (C=O) groups excluding carboxylic acids is 2. The van der Waals surface area contributed by atoms with Crippen molar-refractivity contribution in [1.82, 2.24) is 0 Å². The first-order valence-electron chi connectivity index (χ1n) is 9.59. The van der Waals surface area contributed by atoms with E-state index in [0.29, 0.717) is 28.4 Å². The summed E-state index contributed by atoms with van der Waals surface area (Å²) >= 11 is 0. The van der Waals surface area contributed by atoms with Gasteiger partial charge in [-0.1, -0.05) is 24.3 Å². The maximum absolute atomic E-state index is 12.4. The van der Waals surface area contributed by atoms with E-state index in [1.807, 2.05) is 24.3 Å². The number of ether oxygens (including phenoxy) is 2. The highest BCUT2D eigenvalue weighted by Gasteiger charge is 2.15. The second kappa shape index (κ2) is 10.5. The molecule has 0 saturated heterocycles. The summed E-state index contributed by atoms with van der Waals surface area (Å²) in [6.45, 7) is 1.46. The number of hydrogen-bond acceptors (Lipinski definition) is 5. The van der Waals surface area contributed by atoms with E-state index in [4.69, 9.17) is 14.7 Å². The van der Waals surface area contributed by atoms with Crippen molar-refractivity contribution < 1.29 is 19.1 Å². The fraction of sp³-hybridized carbons (Fsp3) is 0.125. The first kappa shape index (κ1) is 21.4. The zero-order valence-electron chi connectivity index (χ0n) is 16.9. The van der Waals surface area contributed by atoms with Gasteiger partial charge in [-0.15, -0.1) is 0 Å². The van der Waals surface area contributed by atoms with Crippen LogP contribution in [0.3, 0.4) is 0 Å². The van der Waals surface area contributed by atoms with Gasteiger partial charge in [0.05, 0.1) is 11.6 Å². The summed E-state index contributed by atoms with van der Waals surface area (Å²) in [7, 11) is 0.